The van der Waals surface area contributed by atoms with E-state index in [1.54, 1.807) is 0 Å². The van der Waals surface area contributed by atoms with Gasteiger partial charge in [0, 0.05) is 12.8 Å². The Morgan fingerprint density at radius 1 is 0.551 bits per heavy atom. The molecule has 49 heavy (non-hydrogen) atoms. The molecule has 0 fully saturated rings. The summed E-state index contributed by atoms with van der Waals surface area (Å²) >= 11 is 0. The van der Waals surface area contributed by atoms with Crippen LogP contribution in [0.1, 0.15) is 187 Å². The highest BCUT2D eigenvalue weighted by Gasteiger charge is 2.21. The van der Waals surface area contributed by atoms with Crippen LogP contribution in [0.3, 0.4) is 0 Å². The molecule has 0 bridgehead atoms. The predicted octanol–water partition coefficient (Wildman–Crippen LogP) is 10.2. The summed E-state index contributed by atoms with van der Waals surface area (Å²) in [7, 11) is 1.18. The van der Waals surface area contributed by atoms with E-state index in [0.717, 1.165) is 38.5 Å². The summed E-state index contributed by atoms with van der Waals surface area (Å²) in [5.74, 6) is -0.829. The fraction of sp³-hybridized carbons (Fsp3) is 0.949. The van der Waals surface area contributed by atoms with Gasteiger partial charge in [0.25, 0.3) is 7.82 Å². The molecule has 0 saturated heterocycles. The Morgan fingerprint density at radius 3 is 1.31 bits per heavy atom. The van der Waals surface area contributed by atoms with E-state index in [1.165, 1.54) is 116 Å². The van der Waals surface area contributed by atoms with Crippen molar-refractivity contribution in [2.24, 2.45) is 0 Å². The molecule has 0 aromatic heterocycles. The second kappa shape index (κ2) is 32.9. The fourth-order valence-corrected chi connectivity index (χ4v) is 6.38. The van der Waals surface area contributed by atoms with Gasteiger partial charge in [-0.15, -0.1) is 0 Å². The molecular formula is C39H78NO8P. The molecule has 9 nitrogen and oxygen atoms in total. The number of phosphoric acid groups is 1. The molecule has 0 spiro atoms. The van der Waals surface area contributed by atoms with Crippen molar-refractivity contribution < 1.29 is 42.1 Å². The number of hydrogen-bond donors (Lipinski definition) is 0. The SMILES string of the molecule is CCCCCCCCCCCCCCCCCCCC(=O)OC[C@@H](COP(=O)([O-])OCC[N+](C)(C)C)OC(=O)CCCCCCCCCC. The second-order valence-electron chi connectivity index (χ2n) is 15.0. The Balaban J connectivity index is 4.26. The highest BCUT2D eigenvalue weighted by molar-refractivity contribution is 7.45. The fourth-order valence-electron chi connectivity index (χ4n) is 5.65. The van der Waals surface area contributed by atoms with Crippen LogP contribution in [0.4, 0.5) is 0 Å². The molecule has 0 aliphatic rings. The Kier molecular flexibility index (Phi) is 32.2. The van der Waals surface area contributed by atoms with Crippen LogP contribution in [0.15, 0.2) is 0 Å². The van der Waals surface area contributed by atoms with Crippen LogP contribution in [-0.4, -0.2) is 70.0 Å². The van der Waals surface area contributed by atoms with Crippen molar-refractivity contribution in [3.05, 3.63) is 0 Å². The maximum atomic E-state index is 12.5. The molecule has 2 atom stereocenters. The van der Waals surface area contributed by atoms with E-state index in [-0.39, 0.29) is 32.0 Å². The average molecular weight is 720 g/mol. The first-order valence-electron chi connectivity index (χ1n) is 20.2. The first kappa shape index (κ1) is 48.0. The number of nitrogens with zero attached hydrogens (tertiary/aromatic N) is 1. The van der Waals surface area contributed by atoms with Gasteiger partial charge in [0.05, 0.1) is 27.7 Å². The van der Waals surface area contributed by atoms with Crippen LogP contribution < -0.4 is 4.89 Å². The molecule has 0 amide bonds. The maximum Gasteiger partial charge on any atom is 0.306 e. The molecule has 0 aromatic rings. The quantitative estimate of drug-likeness (QED) is 0.0270. The van der Waals surface area contributed by atoms with Gasteiger partial charge in [-0.1, -0.05) is 162 Å². The third-order valence-electron chi connectivity index (χ3n) is 8.88. The van der Waals surface area contributed by atoms with Crippen molar-refractivity contribution >= 4 is 19.8 Å². The smallest absolute Gasteiger partial charge is 0.306 e. The molecule has 0 aliphatic carbocycles. The van der Waals surface area contributed by atoms with Crippen LogP contribution in [0.5, 0.6) is 0 Å². The molecule has 0 saturated carbocycles. The normalized spacial score (nSPS) is 13.7. The lowest BCUT2D eigenvalue weighted by Gasteiger charge is -2.28. The highest BCUT2D eigenvalue weighted by Crippen LogP contribution is 2.38. The molecule has 292 valence electrons. The number of quaternary nitrogens is 1. The van der Waals surface area contributed by atoms with E-state index in [1.807, 2.05) is 21.1 Å². The third-order valence-corrected chi connectivity index (χ3v) is 9.84. The number of likely N-dealkylation sites (N-methyl/N-ethyl adjacent to an activating group) is 1. The molecule has 0 heterocycles. The molecule has 0 N–H and O–H groups in total. The number of hydrogen-bond acceptors (Lipinski definition) is 8. The van der Waals surface area contributed by atoms with Gasteiger partial charge in [0.2, 0.25) is 0 Å². The van der Waals surface area contributed by atoms with E-state index in [9.17, 15) is 19.0 Å². The maximum absolute atomic E-state index is 12.5. The van der Waals surface area contributed by atoms with E-state index < -0.39 is 26.5 Å². The summed E-state index contributed by atoms with van der Waals surface area (Å²) in [5.41, 5.74) is 0. The number of unbranched alkanes of at least 4 members (excludes halogenated alkanes) is 23. The van der Waals surface area contributed by atoms with E-state index in [4.69, 9.17) is 18.5 Å². The van der Waals surface area contributed by atoms with Gasteiger partial charge in [-0.25, -0.2) is 0 Å². The molecule has 10 heteroatoms. The van der Waals surface area contributed by atoms with Crippen LogP contribution >= 0.6 is 7.82 Å². The molecule has 0 radical (unpaired) electrons. The Morgan fingerprint density at radius 2 is 0.918 bits per heavy atom. The van der Waals surface area contributed by atoms with Crippen molar-refractivity contribution in [2.75, 3.05) is 47.5 Å². The number of carbonyl (C=O) groups excluding carboxylic acids is 2. The minimum atomic E-state index is -4.61. The first-order valence-corrected chi connectivity index (χ1v) is 21.7. The van der Waals surface area contributed by atoms with Crippen LogP contribution in [-0.2, 0) is 32.7 Å². The lowest BCUT2D eigenvalue weighted by atomic mass is 10.0. The summed E-state index contributed by atoms with van der Waals surface area (Å²) < 4.78 is 33.7. The monoisotopic (exact) mass is 720 g/mol. The number of ether oxygens (including phenoxy) is 2. The van der Waals surface area contributed by atoms with Crippen molar-refractivity contribution in [1.29, 1.82) is 0 Å². The molecule has 0 rings (SSSR count). The second-order valence-corrected chi connectivity index (χ2v) is 16.4. The number of rotatable bonds is 37. The molecule has 0 aliphatic heterocycles. The zero-order valence-electron chi connectivity index (χ0n) is 32.7. The van der Waals surface area contributed by atoms with E-state index in [0.29, 0.717) is 17.4 Å². The van der Waals surface area contributed by atoms with Crippen LogP contribution in [0.2, 0.25) is 0 Å². The number of esters is 2. The van der Waals surface area contributed by atoms with Crippen molar-refractivity contribution in [2.45, 2.75) is 193 Å². The van der Waals surface area contributed by atoms with Gasteiger partial charge in [0.15, 0.2) is 6.10 Å². The topological polar surface area (TPSA) is 111 Å². The Labute approximate surface area is 302 Å². The third kappa shape index (κ3) is 36.6. The van der Waals surface area contributed by atoms with Crippen molar-refractivity contribution in [3.8, 4) is 0 Å². The first-order chi connectivity index (χ1) is 23.5. The van der Waals surface area contributed by atoms with Crippen LogP contribution in [0, 0.1) is 0 Å². The van der Waals surface area contributed by atoms with Crippen LogP contribution in [0.25, 0.3) is 0 Å². The van der Waals surface area contributed by atoms with Gasteiger partial charge in [-0.05, 0) is 12.8 Å². The standard InChI is InChI=1S/C39H78NO8P/c1-6-8-10-12-14-16-17-18-19-20-21-22-23-24-26-27-29-31-38(41)45-35-37(36-47-49(43,44)46-34-33-40(3,4)5)48-39(42)32-30-28-25-15-13-11-9-7-2/h37H,6-36H2,1-5H3/t37-/m0/s1. The predicted molar refractivity (Wildman–Crippen MR) is 199 cm³/mol. The highest BCUT2D eigenvalue weighted by atomic mass is 31.2. The number of phosphoric ester groups is 1. The van der Waals surface area contributed by atoms with Gasteiger partial charge in [0.1, 0.15) is 19.8 Å². The van der Waals surface area contributed by atoms with Crippen molar-refractivity contribution in [3.63, 3.8) is 0 Å². The van der Waals surface area contributed by atoms with Gasteiger partial charge >= 0.3 is 11.9 Å². The summed E-state index contributed by atoms with van der Waals surface area (Å²) in [4.78, 5) is 37.2. The zero-order valence-corrected chi connectivity index (χ0v) is 33.6. The Bertz CT molecular complexity index is 819. The lowest BCUT2D eigenvalue weighted by molar-refractivity contribution is -0.870. The van der Waals surface area contributed by atoms with Gasteiger partial charge in [-0.3, -0.25) is 14.2 Å². The Hall–Kier alpha value is -0.990. The largest absolute Gasteiger partial charge is 0.756 e. The summed E-state index contributed by atoms with van der Waals surface area (Å²) in [6.07, 6.45) is 30.0. The van der Waals surface area contributed by atoms with Gasteiger partial charge < -0.3 is 27.9 Å². The van der Waals surface area contributed by atoms with Gasteiger partial charge in [-0.2, -0.15) is 0 Å². The van der Waals surface area contributed by atoms with E-state index in [2.05, 4.69) is 13.8 Å². The minimum Gasteiger partial charge on any atom is -0.756 e. The summed E-state index contributed by atoms with van der Waals surface area (Å²) in [6.45, 7) is 4.21. The summed E-state index contributed by atoms with van der Waals surface area (Å²) in [6, 6.07) is 0. The minimum absolute atomic E-state index is 0.0263. The van der Waals surface area contributed by atoms with E-state index >= 15 is 0 Å². The van der Waals surface area contributed by atoms with Crippen molar-refractivity contribution in [1.82, 2.24) is 0 Å². The molecule has 0 aromatic carbocycles. The number of carbonyl (C=O) groups is 2. The molecule has 1 unspecified atom stereocenters. The lowest BCUT2D eigenvalue weighted by Crippen LogP contribution is -2.37. The molecular weight excluding hydrogens is 641 g/mol. The zero-order chi connectivity index (χ0) is 36.5. The summed E-state index contributed by atoms with van der Waals surface area (Å²) in [5, 5.41) is 0. The average Bonchev–Trinajstić information content (AvgIpc) is 3.04.